The fraction of sp³-hybridized carbons (Fsp3) is 0.833. The Labute approximate surface area is 96.5 Å². The van der Waals surface area contributed by atoms with E-state index in [1.165, 1.54) is 0 Å². The van der Waals surface area contributed by atoms with Gasteiger partial charge in [0.1, 0.15) is 11.9 Å². The smallest absolute Gasteiger partial charge is 0.405 e. The number of hydrogen-bond acceptors (Lipinski definition) is 3. The maximum Gasteiger partial charge on any atom is 0.405 e. The quantitative estimate of drug-likeness (QED) is 0.749. The molecule has 1 rings (SSSR count). The van der Waals surface area contributed by atoms with E-state index >= 15 is 0 Å². The van der Waals surface area contributed by atoms with Crippen LogP contribution in [0.25, 0.3) is 0 Å². The van der Waals surface area contributed by atoms with Gasteiger partial charge < -0.3 is 15.3 Å². The molecule has 0 heterocycles. The average Bonchev–Trinajstić information content (AvgIpc) is 2.16. The highest BCUT2D eigenvalue weighted by Crippen LogP contribution is 2.34. The largest absolute Gasteiger partial charge is 0.444 e. The monoisotopic (exact) mass is 227 g/mol. The van der Waals surface area contributed by atoms with Gasteiger partial charge in [0, 0.05) is 5.92 Å². The standard InChI is InChI=1S/C12H21NO3/c1-12(2,16-11(13)15)7-9-3-5-10(8-14)6-4-9/h8-10H,3-7H2,1-2H3,(H2,13,15)/t9-,10-. The van der Waals surface area contributed by atoms with Crippen LogP contribution in [-0.2, 0) is 9.53 Å². The minimum absolute atomic E-state index is 0.233. The van der Waals surface area contributed by atoms with E-state index in [0.29, 0.717) is 5.92 Å². The number of aldehydes is 1. The molecule has 0 aromatic carbocycles. The van der Waals surface area contributed by atoms with Crippen molar-refractivity contribution in [2.24, 2.45) is 17.6 Å². The fourth-order valence-electron chi connectivity index (χ4n) is 2.54. The van der Waals surface area contributed by atoms with Gasteiger partial charge in [0.2, 0.25) is 0 Å². The summed E-state index contributed by atoms with van der Waals surface area (Å²) in [4.78, 5) is 21.3. The molecule has 4 heteroatoms. The van der Waals surface area contributed by atoms with E-state index in [-0.39, 0.29) is 5.92 Å². The van der Waals surface area contributed by atoms with Crippen LogP contribution >= 0.6 is 0 Å². The highest BCUT2D eigenvalue weighted by atomic mass is 16.6. The number of rotatable bonds is 4. The minimum Gasteiger partial charge on any atom is -0.444 e. The van der Waals surface area contributed by atoms with Crippen molar-refractivity contribution in [1.82, 2.24) is 0 Å². The van der Waals surface area contributed by atoms with Gasteiger partial charge in [0.15, 0.2) is 0 Å². The molecular formula is C12H21NO3. The number of primary amides is 1. The van der Waals surface area contributed by atoms with Crippen LogP contribution in [0, 0.1) is 11.8 Å². The molecule has 0 unspecified atom stereocenters. The van der Waals surface area contributed by atoms with E-state index in [9.17, 15) is 9.59 Å². The molecule has 0 aromatic heterocycles. The Kier molecular flexibility index (Phi) is 4.33. The van der Waals surface area contributed by atoms with E-state index in [0.717, 1.165) is 38.4 Å². The molecule has 1 amide bonds. The average molecular weight is 227 g/mol. The maximum atomic E-state index is 10.7. The number of amides is 1. The third kappa shape index (κ3) is 4.21. The molecule has 0 radical (unpaired) electrons. The first-order chi connectivity index (χ1) is 7.43. The second-order valence-corrected chi connectivity index (χ2v) is 5.30. The Morgan fingerprint density at radius 1 is 1.38 bits per heavy atom. The van der Waals surface area contributed by atoms with E-state index in [1.807, 2.05) is 13.8 Å². The number of ether oxygens (including phenoxy) is 1. The van der Waals surface area contributed by atoms with Crippen LogP contribution < -0.4 is 5.73 Å². The SMILES string of the molecule is CC(C)(C[C@H]1CC[C@H](C=O)CC1)OC(N)=O. The van der Waals surface area contributed by atoms with Crippen LogP contribution in [0.4, 0.5) is 4.79 Å². The van der Waals surface area contributed by atoms with Gasteiger partial charge in [0.25, 0.3) is 0 Å². The zero-order valence-corrected chi connectivity index (χ0v) is 10.1. The zero-order valence-electron chi connectivity index (χ0n) is 10.1. The Hall–Kier alpha value is -1.06. The van der Waals surface area contributed by atoms with E-state index in [1.54, 1.807) is 0 Å². The van der Waals surface area contributed by atoms with Crippen LogP contribution in [0.5, 0.6) is 0 Å². The molecule has 0 aliphatic heterocycles. The Morgan fingerprint density at radius 3 is 2.38 bits per heavy atom. The molecule has 0 aromatic rings. The summed E-state index contributed by atoms with van der Waals surface area (Å²) in [5, 5.41) is 0. The Balaban J connectivity index is 2.37. The molecule has 0 saturated heterocycles. The topological polar surface area (TPSA) is 69.4 Å². The molecule has 16 heavy (non-hydrogen) atoms. The number of carbonyl (C=O) groups excluding carboxylic acids is 2. The number of nitrogens with two attached hydrogens (primary N) is 1. The molecule has 2 N–H and O–H groups in total. The Bertz CT molecular complexity index is 255. The zero-order chi connectivity index (χ0) is 12.2. The van der Waals surface area contributed by atoms with Crippen molar-refractivity contribution in [1.29, 1.82) is 0 Å². The Morgan fingerprint density at radius 2 is 1.94 bits per heavy atom. The van der Waals surface area contributed by atoms with Crippen molar-refractivity contribution < 1.29 is 14.3 Å². The van der Waals surface area contributed by atoms with Crippen molar-refractivity contribution in [2.75, 3.05) is 0 Å². The van der Waals surface area contributed by atoms with Crippen LogP contribution in [0.2, 0.25) is 0 Å². The molecule has 1 saturated carbocycles. The summed E-state index contributed by atoms with van der Waals surface area (Å²) in [6.45, 7) is 3.76. The molecule has 1 fully saturated rings. The van der Waals surface area contributed by atoms with Gasteiger partial charge >= 0.3 is 6.09 Å². The summed E-state index contributed by atoms with van der Waals surface area (Å²) in [5.41, 5.74) is 4.52. The van der Waals surface area contributed by atoms with Gasteiger partial charge in [0.05, 0.1) is 0 Å². The van der Waals surface area contributed by atoms with E-state index in [4.69, 9.17) is 10.5 Å². The van der Waals surface area contributed by atoms with Gasteiger partial charge in [-0.25, -0.2) is 4.79 Å². The third-order valence-corrected chi connectivity index (χ3v) is 3.24. The summed E-state index contributed by atoms with van der Waals surface area (Å²) in [6, 6.07) is 0. The summed E-state index contributed by atoms with van der Waals surface area (Å²) >= 11 is 0. The second-order valence-electron chi connectivity index (χ2n) is 5.30. The molecule has 0 bridgehead atoms. The van der Waals surface area contributed by atoms with Gasteiger partial charge in [-0.15, -0.1) is 0 Å². The summed E-state index contributed by atoms with van der Waals surface area (Å²) < 4.78 is 5.06. The highest BCUT2D eigenvalue weighted by Gasteiger charge is 2.29. The van der Waals surface area contributed by atoms with Crippen molar-refractivity contribution in [2.45, 2.75) is 51.6 Å². The normalized spacial score (nSPS) is 26.1. The van der Waals surface area contributed by atoms with E-state index < -0.39 is 11.7 Å². The minimum atomic E-state index is -0.716. The maximum absolute atomic E-state index is 10.7. The molecule has 1 aliphatic rings. The van der Waals surface area contributed by atoms with Crippen molar-refractivity contribution >= 4 is 12.4 Å². The molecular weight excluding hydrogens is 206 g/mol. The molecule has 1 aliphatic carbocycles. The lowest BCUT2D eigenvalue weighted by Gasteiger charge is -2.32. The second kappa shape index (κ2) is 5.32. The lowest BCUT2D eigenvalue weighted by Crippen LogP contribution is -2.34. The molecule has 0 spiro atoms. The highest BCUT2D eigenvalue weighted by molar-refractivity contribution is 5.65. The summed E-state index contributed by atoms with van der Waals surface area (Å²) in [7, 11) is 0. The fourth-order valence-corrected chi connectivity index (χ4v) is 2.54. The van der Waals surface area contributed by atoms with Crippen LogP contribution in [0.1, 0.15) is 46.0 Å². The van der Waals surface area contributed by atoms with Gasteiger partial charge in [-0.3, -0.25) is 0 Å². The van der Waals surface area contributed by atoms with Crippen molar-refractivity contribution in [3.8, 4) is 0 Å². The van der Waals surface area contributed by atoms with Gasteiger partial charge in [-0.2, -0.15) is 0 Å². The molecule has 92 valence electrons. The molecule has 4 nitrogen and oxygen atoms in total. The van der Waals surface area contributed by atoms with Crippen LogP contribution in [0.15, 0.2) is 0 Å². The van der Waals surface area contributed by atoms with Crippen molar-refractivity contribution in [3.63, 3.8) is 0 Å². The molecule has 0 atom stereocenters. The van der Waals surface area contributed by atoms with Gasteiger partial charge in [-0.1, -0.05) is 0 Å². The van der Waals surface area contributed by atoms with Gasteiger partial charge in [-0.05, 0) is 51.9 Å². The van der Waals surface area contributed by atoms with E-state index in [2.05, 4.69) is 0 Å². The predicted molar refractivity (Wildman–Crippen MR) is 60.9 cm³/mol. The van der Waals surface area contributed by atoms with Crippen LogP contribution in [0.3, 0.4) is 0 Å². The lowest BCUT2D eigenvalue weighted by atomic mass is 9.78. The number of carbonyl (C=O) groups is 2. The first-order valence-corrected chi connectivity index (χ1v) is 5.86. The number of hydrogen-bond donors (Lipinski definition) is 1. The van der Waals surface area contributed by atoms with Crippen molar-refractivity contribution in [3.05, 3.63) is 0 Å². The first kappa shape index (κ1) is 13.0. The first-order valence-electron chi connectivity index (χ1n) is 5.86. The summed E-state index contributed by atoms with van der Waals surface area (Å²) in [5.74, 6) is 0.766. The third-order valence-electron chi connectivity index (χ3n) is 3.24. The summed E-state index contributed by atoms with van der Waals surface area (Å²) in [6.07, 6.45) is 5.15. The predicted octanol–water partition coefficient (Wildman–Crippen LogP) is 2.26. The lowest BCUT2D eigenvalue weighted by molar-refractivity contribution is -0.112. The van der Waals surface area contributed by atoms with Crippen LogP contribution in [-0.4, -0.2) is 18.0 Å².